The summed E-state index contributed by atoms with van der Waals surface area (Å²) in [6.45, 7) is 1.37. The smallest absolute Gasteiger partial charge is 0.104 e. The van der Waals surface area contributed by atoms with Crippen LogP contribution in [0.4, 0.5) is 0 Å². The second-order valence-corrected chi connectivity index (χ2v) is 4.36. The zero-order valence-corrected chi connectivity index (χ0v) is 10.3. The Morgan fingerprint density at radius 3 is 2.86 bits per heavy atom. The van der Waals surface area contributed by atoms with Crippen molar-refractivity contribution in [2.75, 3.05) is 26.9 Å². The number of aliphatic hydroxyl groups is 1. The molecule has 1 aromatic rings. The molecule has 1 aromatic heterocycles. The van der Waals surface area contributed by atoms with Gasteiger partial charge in [-0.25, -0.2) is 0 Å². The lowest BCUT2D eigenvalue weighted by Crippen LogP contribution is -2.10. The number of aliphatic hydroxyl groups excluding tert-OH is 1. The largest absolute Gasteiger partial charge is 0.386 e. The van der Waals surface area contributed by atoms with Crippen molar-refractivity contribution in [3.05, 3.63) is 20.8 Å². The maximum Gasteiger partial charge on any atom is 0.104 e. The van der Waals surface area contributed by atoms with Crippen LogP contribution < -0.4 is 0 Å². The quantitative estimate of drug-likeness (QED) is 0.812. The van der Waals surface area contributed by atoms with E-state index >= 15 is 0 Å². The van der Waals surface area contributed by atoms with Gasteiger partial charge in [-0.2, -0.15) is 11.3 Å². The maximum absolute atomic E-state index is 9.70. The Morgan fingerprint density at radius 1 is 1.50 bits per heavy atom. The molecule has 0 aliphatic heterocycles. The first kappa shape index (κ1) is 12.1. The van der Waals surface area contributed by atoms with E-state index in [1.807, 2.05) is 10.8 Å². The van der Waals surface area contributed by atoms with Crippen molar-refractivity contribution in [3.63, 3.8) is 0 Å². The molecule has 1 unspecified atom stereocenters. The Bertz CT molecular complexity index is 264. The minimum absolute atomic E-state index is 0.304. The van der Waals surface area contributed by atoms with Gasteiger partial charge in [-0.15, -0.1) is 0 Å². The summed E-state index contributed by atoms with van der Waals surface area (Å²) in [6.07, 6.45) is -0.563. The number of hydrogen-bond acceptors (Lipinski definition) is 4. The summed E-state index contributed by atoms with van der Waals surface area (Å²) < 4.78 is 11.0. The summed E-state index contributed by atoms with van der Waals surface area (Å²) in [4.78, 5) is 0. The molecule has 3 nitrogen and oxygen atoms in total. The summed E-state index contributed by atoms with van der Waals surface area (Å²) in [5, 5.41) is 13.5. The van der Waals surface area contributed by atoms with Crippen molar-refractivity contribution >= 4 is 27.3 Å². The van der Waals surface area contributed by atoms with Crippen LogP contribution in [0.15, 0.2) is 15.2 Å². The molecule has 14 heavy (non-hydrogen) atoms. The number of thiophene rings is 1. The van der Waals surface area contributed by atoms with E-state index < -0.39 is 6.10 Å². The summed E-state index contributed by atoms with van der Waals surface area (Å²) in [7, 11) is 1.62. The highest BCUT2D eigenvalue weighted by Gasteiger charge is 2.11. The molecule has 80 valence electrons. The molecule has 1 N–H and O–H groups in total. The van der Waals surface area contributed by atoms with Crippen LogP contribution in [-0.4, -0.2) is 32.0 Å². The average Bonchev–Trinajstić information content (AvgIpc) is 2.59. The van der Waals surface area contributed by atoms with E-state index in [2.05, 4.69) is 15.9 Å². The molecule has 0 saturated heterocycles. The number of methoxy groups -OCH3 is 1. The van der Waals surface area contributed by atoms with Crippen LogP contribution in [0.2, 0.25) is 0 Å². The Hall–Kier alpha value is 0.0600. The van der Waals surface area contributed by atoms with Gasteiger partial charge in [0.05, 0.1) is 19.8 Å². The van der Waals surface area contributed by atoms with Crippen molar-refractivity contribution < 1.29 is 14.6 Å². The fourth-order valence-electron chi connectivity index (χ4n) is 0.956. The van der Waals surface area contributed by atoms with Crippen molar-refractivity contribution in [3.8, 4) is 0 Å². The molecule has 1 atom stereocenters. The summed E-state index contributed by atoms with van der Waals surface area (Å²) in [6, 6.07) is 0. The van der Waals surface area contributed by atoms with Gasteiger partial charge >= 0.3 is 0 Å². The van der Waals surface area contributed by atoms with Gasteiger partial charge in [0.2, 0.25) is 0 Å². The van der Waals surface area contributed by atoms with E-state index in [9.17, 15) is 5.11 Å². The minimum Gasteiger partial charge on any atom is -0.386 e. The fraction of sp³-hybridized carbons (Fsp3) is 0.556. The van der Waals surface area contributed by atoms with Gasteiger partial charge in [-0.3, -0.25) is 0 Å². The third-order valence-electron chi connectivity index (χ3n) is 1.71. The number of halogens is 1. The van der Waals surface area contributed by atoms with Crippen LogP contribution in [-0.2, 0) is 9.47 Å². The predicted molar refractivity (Wildman–Crippen MR) is 59.7 cm³/mol. The SMILES string of the molecule is COCCOCC(O)c1cscc1Br. The molecule has 0 aromatic carbocycles. The van der Waals surface area contributed by atoms with Gasteiger partial charge in [0.25, 0.3) is 0 Å². The molecular formula is C9H13BrO3S. The second-order valence-electron chi connectivity index (χ2n) is 2.76. The molecule has 0 aliphatic rings. The van der Waals surface area contributed by atoms with E-state index in [0.29, 0.717) is 19.8 Å². The molecule has 0 aliphatic carbocycles. The van der Waals surface area contributed by atoms with Crippen LogP contribution in [0.3, 0.4) is 0 Å². The zero-order chi connectivity index (χ0) is 10.4. The monoisotopic (exact) mass is 280 g/mol. The maximum atomic E-state index is 9.70. The predicted octanol–water partition coefficient (Wildman–Crippen LogP) is 2.21. The Morgan fingerprint density at radius 2 is 2.29 bits per heavy atom. The highest BCUT2D eigenvalue weighted by molar-refractivity contribution is 9.10. The van der Waals surface area contributed by atoms with Gasteiger partial charge in [-0.1, -0.05) is 0 Å². The molecule has 5 heteroatoms. The summed E-state index contributed by atoms with van der Waals surface area (Å²) >= 11 is 4.91. The number of ether oxygens (including phenoxy) is 2. The van der Waals surface area contributed by atoms with E-state index in [1.54, 1.807) is 18.4 Å². The van der Waals surface area contributed by atoms with Crippen LogP contribution in [0.25, 0.3) is 0 Å². The van der Waals surface area contributed by atoms with Gasteiger partial charge < -0.3 is 14.6 Å². The molecule has 0 spiro atoms. The molecule has 0 amide bonds. The Labute approximate surface area is 95.8 Å². The van der Waals surface area contributed by atoms with E-state index in [0.717, 1.165) is 10.0 Å². The molecule has 0 saturated carbocycles. The lowest BCUT2D eigenvalue weighted by Gasteiger charge is -2.10. The van der Waals surface area contributed by atoms with Crippen LogP contribution in [0.5, 0.6) is 0 Å². The van der Waals surface area contributed by atoms with E-state index in [1.165, 1.54) is 0 Å². The molecular weight excluding hydrogens is 268 g/mol. The van der Waals surface area contributed by atoms with Crippen LogP contribution >= 0.6 is 27.3 Å². The summed E-state index contributed by atoms with van der Waals surface area (Å²) in [5.74, 6) is 0. The van der Waals surface area contributed by atoms with E-state index in [4.69, 9.17) is 9.47 Å². The Kier molecular flexibility index (Phi) is 5.66. The first-order valence-corrected chi connectivity index (χ1v) is 5.95. The normalized spacial score (nSPS) is 13.1. The first-order chi connectivity index (χ1) is 6.75. The fourth-order valence-corrected chi connectivity index (χ4v) is 2.56. The standard InChI is InChI=1S/C9H13BrO3S/c1-12-2-3-13-4-9(11)7-5-14-6-8(7)10/h5-6,9,11H,2-4H2,1H3. The van der Waals surface area contributed by atoms with Crippen molar-refractivity contribution in [1.29, 1.82) is 0 Å². The topological polar surface area (TPSA) is 38.7 Å². The molecule has 1 heterocycles. The zero-order valence-electron chi connectivity index (χ0n) is 7.90. The minimum atomic E-state index is -0.563. The van der Waals surface area contributed by atoms with Crippen molar-refractivity contribution in [2.24, 2.45) is 0 Å². The third kappa shape index (κ3) is 3.67. The lowest BCUT2D eigenvalue weighted by molar-refractivity contribution is 0.0125. The highest BCUT2D eigenvalue weighted by Crippen LogP contribution is 2.27. The van der Waals surface area contributed by atoms with Crippen LogP contribution in [0.1, 0.15) is 11.7 Å². The van der Waals surface area contributed by atoms with Crippen molar-refractivity contribution in [1.82, 2.24) is 0 Å². The first-order valence-electron chi connectivity index (χ1n) is 4.22. The third-order valence-corrected chi connectivity index (χ3v) is 3.46. The van der Waals surface area contributed by atoms with Crippen molar-refractivity contribution in [2.45, 2.75) is 6.10 Å². The van der Waals surface area contributed by atoms with Gasteiger partial charge in [0, 0.05) is 22.5 Å². The van der Waals surface area contributed by atoms with E-state index in [-0.39, 0.29) is 0 Å². The molecule has 0 fully saturated rings. The lowest BCUT2D eigenvalue weighted by atomic mass is 10.2. The van der Waals surface area contributed by atoms with Gasteiger partial charge in [0.1, 0.15) is 6.10 Å². The molecule has 1 rings (SSSR count). The van der Waals surface area contributed by atoms with Gasteiger partial charge in [0.15, 0.2) is 0 Å². The van der Waals surface area contributed by atoms with Gasteiger partial charge in [-0.05, 0) is 21.3 Å². The highest BCUT2D eigenvalue weighted by atomic mass is 79.9. The van der Waals surface area contributed by atoms with Crippen LogP contribution in [0, 0.1) is 0 Å². The number of hydrogen-bond donors (Lipinski definition) is 1. The second kappa shape index (κ2) is 6.53. The molecule has 0 bridgehead atoms. The summed E-state index contributed by atoms with van der Waals surface area (Å²) in [5.41, 5.74) is 0.882. The Balaban J connectivity index is 2.28. The molecule has 0 radical (unpaired) electrons. The number of rotatable bonds is 6. The average molecular weight is 281 g/mol.